The fourth-order valence-corrected chi connectivity index (χ4v) is 2.62. The van der Waals surface area contributed by atoms with Crippen LogP contribution in [0.1, 0.15) is 38.3 Å². The van der Waals surface area contributed by atoms with E-state index in [1.165, 1.54) is 0 Å². The number of hydrogen-bond acceptors (Lipinski definition) is 2. The Balaban J connectivity index is 2.02. The molecule has 0 bridgehead atoms. The second-order valence-electron chi connectivity index (χ2n) is 5.31. The maximum absolute atomic E-state index is 12.2. The second-order valence-corrected chi connectivity index (χ2v) is 5.31. The third kappa shape index (κ3) is 2.24. The average Bonchev–Trinajstić information content (AvgIpc) is 2.35. The summed E-state index contributed by atoms with van der Waals surface area (Å²) < 4.78 is 0. The van der Waals surface area contributed by atoms with E-state index in [0.717, 1.165) is 5.56 Å². The Hall–Kier alpha value is -1.82. The molecule has 0 aliphatic heterocycles. The molecule has 0 unspecified atom stereocenters. The van der Waals surface area contributed by atoms with Gasteiger partial charge in [0, 0.05) is 0 Å². The molecule has 18 heavy (non-hydrogen) atoms. The number of nitrogens with one attached hydrogen (secondary N) is 1. The molecule has 0 saturated heterocycles. The topological polar surface area (TPSA) is 52.9 Å². The molecule has 0 spiro atoms. The highest BCUT2D eigenvalue weighted by molar-refractivity contribution is 5.86. The highest BCUT2D eigenvalue weighted by Gasteiger charge is 2.49. The highest BCUT2D eigenvalue weighted by atomic mass is 16.2. The average molecular weight is 242 g/mol. The van der Waals surface area contributed by atoms with Crippen molar-refractivity contribution in [1.29, 1.82) is 5.26 Å². The Morgan fingerprint density at radius 2 is 2.06 bits per heavy atom. The van der Waals surface area contributed by atoms with Gasteiger partial charge in [0.25, 0.3) is 0 Å². The molecule has 1 aromatic carbocycles. The van der Waals surface area contributed by atoms with Crippen molar-refractivity contribution >= 4 is 5.91 Å². The number of benzene rings is 1. The summed E-state index contributed by atoms with van der Waals surface area (Å²) in [5, 5.41) is 12.1. The monoisotopic (exact) mass is 242 g/mol. The first kappa shape index (κ1) is 12.6. The van der Waals surface area contributed by atoms with Crippen LogP contribution in [-0.4, -0.2) is 5.91 Å². The van der Waals surface area contributed by atoms with Crippen LogP contribution in [0.25, 0.3) is 0 Å². The molecule has 1 aliphatic rings. The van der Waals surface area contributed by atoms with E-state index < -0.39 is 5.41 Å². The van der Waals surface area contributed by atoms with Gasteiger partial charge in [-0.2, -0.15) is 5.26 Å². The third-order valence-electron chi connectivity index (χ3n) is 3.69. The molecule has 94 valence electrons. The van der Waals surface area contributed by atoms with Crippen LogP contribution in [0, 0.1) is 22.7 Å². The molecule has 1 saturated carbocycles. The maximum Gasteiger partial charge on any atom is 0.240 e. The molecule has 1 fully saturated rings. The van der Waals surface area contributed by atoms with E-state index in [1.807, 2.05) is 37.3 Å². The molecule has 0 aromatic heterocycles. The van der Waals surface area contributed by atoms with Crippen molar-refractivity contribution in [3.8, 4) is 6.07 Å². The van der Waals surface area contributed by atoms with Crippen molar-refractivity contribution in [2.75, 3.05) is 0 Å². The Kier molecular flexibility index (Phi) is 3.38. The number of carbonyl (C=O) groups excluding carboxylic acids is 1. The third-order valence-corrected chi connectivity index (χ3v) is 3.69. The molecule has 1 N–H and O–H groups in total. The van der Waals surface area contributed by atoms with Gasteiger partial charge in [-0.25, -0.2) is 0 Å². The van der Waals surface area contributed by atoms with Crippen LogP contribution in [0.2, 0.25) is 0 Å². The normalized spacial score (nSPS) is 27.7. The summed E-state index contributed by atoms with van der Waals surface area (Å²) in [6, 6.07) is 11.9. The van der Waals surface area contributed by atoms with Crippen LogP contribution in [-0.2, 0) is 4.79 Å². The zero-order valence-electron chi connectivity index (χ0n) is 10.8. The number of nitriles is 1. The lowest BCUT2D eigenvalue weighted by Gasteiger charge is -2.39. The number of nitrogens with zero attached hydrogens (tertiary/aromatic N) is 1. The van der Waals surface area contributed by atoms with Crippen LogP contribution in [0.15, 0.2) is 30.3 Å². The minimum atomic E-state index is -0.789. The number of carbonyl (C=O) groups is 1. The lowest BCUT2D eigenvalue weighted by atomic mass is 9.63. The van der Waals surface area contributed by atoms with Gasteiger partial charge in [0.1, 0.15) is 5.41 Å². The molecule has 2 rings (SSSR count). The predicted molar refractivity (Wildman–Crippen MR) is 69.4 cm³/mol. The SMILES string of the molecule is CC1CC(C#N)(C(=O)N[C@H](C)c2ccccc2)C1. The van der Waals surface area contributed by atoms with Gasteiger partial charge in [-0.1, -0.05) is 37.3 Å². The zero-order chi connectivity index (χ0) is 13.2. The summed E-state index contributed by atoms with van der Waals surface area (Å²) in [4.78, 5) is 12.2. The fraction of sp³-hybridized carbons (Fsp3) is 0.467. The van der Waals surface area contributed by atoms with Gasteiger partial charge in [-0.15, -0.1) is 0 Å². The molecular formula is C15H18N2O. The lowest BCUT2D eigenvalue weighted by molar-refractivity contribution is -0.134. The molecule has 0 heterocycles. The van der Waals surface area contributed by atoms with Gasteiger partial charge in [0.15, 0.2) is 0 Å². The van der Waals surface area contributed by atoms with Gasteiger partial charge >= 0.3 is 0 Å². The van der Waals surface area contributed by atoms with Crippen molar-refractivity contribution in [2.45, 2.75) is 32.7 Å². The Bertz CT molecular complexity index is 469. The van der Waals surface area contributed by atoms with E-state index in [-0.39, 0.29) is 11.9 Å². The van der Waals surface area contributed by atoms with Crippen molar-refractivity contribution in [3.05, 3.63) is 35.9 Å². The molecule has 1 aliphatic carbocycles. The van der Waals surface area contributed by atoms with Gasteiger partial charge < -0.3 is 5.32 Å². The molecule has 1 aromatic rings. The lowest BCUT2D eigenvalue weighted by Crippen LogP contribution is -2.48. The smallest absolute Gasteiger partial charge is 0.240 e. The standard InChI is InChI=1S/C15H18N2O/c1-11-8-15(9-11,10-16)14(18)17-12(2)13-6-4-3-5-7-13/h3-7,11-12H,8-9H2,1-2H3,(H,17,18)/t11?,12-,15?/m1/s1. The second kappa shape index (κ2) is 4.81. The molecule has 3 nitrogen and oxygen atoms in total. The molecule has 1 atom stereocenters. The Morgan fingerprint density at radius 3 is 2.56 bits per heavy atom. The Morgan fingerprint density at radius 1 is 1.44 bits per heavy atom. The van der Waals surface area contributed by atoms with E-state index in [2.05, 4.69) is 18.3 Å². The fourth-order valence-electron chi connectivity index (χ4n) is 2.62. The van der Waals surface area contributed by atoms with Crippen LogP contribution < -0.4 is 5.32 Å². The number of hydrogen-bond donors (Lipinski definition) is 1. The summed E-state index contributed by atoms with van der Waals surface area (Å²) >= 11 is 0. The molecule has 0 radical (unpaired) electrons. The summed E-state index contributed by atoms with van der Waals surface area (Å²) in [5.41, 5.74) is 0.272. The van der Waals surface area contributed by atoms with Gasteiger partial charge in [0.2, 0.25) is 5.91 Å². The first-order chi connectivity index (χ1) is 8.57. The van der Waals surface area contributed by atoms with Gasteiger partial charge in [-0.3, -0.25) is 4.79 Å². The highest BCUT2D eigenvalue weighted by Crippen LogP contribution is 2.45. The number of rotatable bonds is 3. The van der Waals surface area contributed by atoms with Crippen molar-refractivity contribution in [1.82, 2.24) is 5.32 Å². The van der Waals surface area contributed by atoms with Crippen LogP contribution >= 0.6 is 0 Å². The summed E-state index contributed by atoms with van der Waals surface area (Å²) in [5.74, 6) is 0.349. The molecule has 3 heteroatoms. The van der Waals surface area contributed by atoms with Crippen molar-refractivity contribution < 1.29 is 4.79 Å². The maximum atomic E-state index is 12.2. The minimum absolute atomic E-state index is 0.0557. The van der Waals surface area contributed by atoms with Crippen molar-refractivity contribution in [3.63, 3.8) is 0 Å². The summed E-state index contributed by atoms with van der Waals surface area (Å²) in [6.07, 6.45) is 1.35. The first-order valence-electron chi connectivity index (χ1n) is 6.34. The summed E-state index contributed by atoms with van der Waals surface area (Å²) in [6.45, 7) is 4.02. The van der Waals surface area contributed by atoms with E-state index >= 15 is 0 Å². The van der Waals surface area contributed by atoms with E-state index in [0.29, 0.717) is 18.8 Å². The molecular weight excluding hydrogens is 224 g/mol. The van der Waals surface area contributed by atoms with E-state index in [1.54, 1.807) is 0 Å². The van der Waals surface area contributed by atoms with Crippen LogP contribution in [0.5, 0.6) is 0 Å². The molecule has 1 amide bonds. The Labute approximate surface area is 108 Å². The number of amides is 1. The minimum Gasteiger partial charge on any atom is -0.348 e. The quantitative estimate of drug-likeness (QED) is 0.886. The van der Waals surface area contributed by atoms with Crippen LogP contribution in [0.3, 0.4) is 0 Å². The van der Waals surface area contributed by atoms with Gasteiger partial charge in [0.05, 0.1) is 12.1 Å². The van der Waals surface area contributed by atoms with E-state index in [4.69, 9.17) is 0 Å². The first-order valence-corrected chi connectivity index (χ1v) is 6.34. The largest absolute Gasteiger partial charge is 0.348 e. The van der Waals surface area contributed by atoms with Gasteiger partial charge in [-0.05, 0) is 31.2 Å². The van der Waals surface area contributed by atoms with E-state index in [9.17, 15) is 10.1 Å². The summed E-state index contributed by atoms with van der Waals surface area (Å²) in [7, 11) is 0. The van der Waals surface area contributed by atoms with Crippen molar-refractivity contribution in [2.24, 2.45) is 11.3 Å². The zero-order valence-corrected chi connectivity index (χ0v) is 10.8. The van der Waals surface area contributed by atoms with Crippen LogP contribution in [0.4, 0.5) is 0 Å². The predicted octanol–water partition coefficient (Wildman–Crippen LogP) is 2.80.